The average molecular weight is 435 g/mol. The molecule has 4 N–H and O–H groups in total. The molecule has 0 spiro atoms. The number of hydrazine groups is 1. The van der Waals surface area contributed by atoms with Crippen LogP contribution < -0.4 is 15.5 Å². The average Bonchev–Trinajstić information content (AvgIpc) is 3.22. The topological polar surface area (TPSA) is 136 Å². The number of benzene rings is 1. The zero-order valence-corrected chi connectivity index (χ0v) is 17.5. The Balaban J connectivity index is 1.40. The molecule has 0 atom stereocenters. The van der Waals surface area contributed by atoms with Crippen LogP contribution in [0.15, 0.2) is 41.7 Å². The Labute approximate surface area is 175 Å². The monoisotopic (exact) mass is 434 g/mol. The van der Waals surface area contributed by atoms with Crippen LogP contribution in [0.25, 0.3) is 0 Å². The molecule has 3 amide bonds. The minimum atomic E-state index is -3.94. The van der Waals surface area contributed by atoms with Crippen molar-refractivity contribution < 1.29 is 18.0 Å². The number of carbonyl (C=O) groups is 2. The number of aromatic nitrogens is 2. The summed E-state index contributed by atoms with van der Waals surface area (Å²) in [4.78, 5) is 31.3. The van der Waals surface area contributed by atoms with Crippen LogP contribution in [0.5, 0.6) is 0 Å². The van der Waals surface area contributed by atoms with Crippen LogP contribution in [0.2, 0.25) is 0 Å². The summed E-state index contributed by atoms with van der Waals surface area (Å²) < 4.78 is 26.6. The summed E-state index contributed by atoms with van der Waals surface area (Å²) in [5.74, 6) is -0.148. The van der Waals surface area contributed by atoms with Gasteiger partial charge in [0.25, 0.3) is 10.0 Å². The van der Waals surface area contributed by atoms with Gasteiger partial charge in [0.05, 0.1) is 11.2 Å². The number of aryl methyl sites for hydroxylation is 1. The number of nitrogens with zero attached hydrogens (tertiary/aromatic N) is 2. The van der Waals surface area contributed by atoms with Crippen molar-refractivity contribution in [3.8, 4) is 0 Å². The smallest absolute Gasteiger partial charge is 0.343 e. The molecule has 11 heteroatoms. The van der Waals surface area contributed by atoms with Crippen LogP contribution in [-0.2, 0) is 21.2 Å². The van der Waals surface area contributed by atoms with Crippen molar-refractivity contribution in [2.75, 3.05) is 19.6 Å². The van der Waals surface area contributed by atoms with E-state index in [9.17, 15) is 18.0 Å². The van der Waals surface area contributed by atoms with Gasteiger partial charge < -0.3 is 10.3 Å². The van der Waals surface area contributed by atoms with Crippen molar-refractivity contribution in [1.82, 2.24) is 30.4 Å². The molecule has 2 heterocycles. The number of piperidine rings is 1. The van der Waals surface area contributed by atoms with E-state index in [1.165, 1.54) is 12.1 Å². The highest BCUT2D eigenvalue weighted by molar-refractivity contribution is 7.90. The predicted molar refractivity (Wildman–Crippen MR) is 110 cm³/mol. The molecule has 0 unspecified atom stereocenters. The second kappa shape index (κ2) is 9.72. The lowest BCUT2D eigenvalue weighted by Crippen LogP contribution is -2.52. The van der Waals surface area contributed by atoms with Crippen LogP contribution in [0, 0.1) is 12.8 Å². The first-order valence-corrected chi connectivity index (χ1v) is 11.2. The fourth-order valence-corrected chi connectivity index (χ4v) is 4.11. The van der Waals surface area contributed by atoms with Crippen molar-refractivity contribution in [2.45, 2.75) is 31.1 Å². The lowest BCUT2D eigenvalue weighted by molar-refractivity contribution is -0.126. The van der Waals surface area contributed by atoms with E-state index in [2.05, 4.69) is 20.7 Å². The van der Waals surface area contributed by atoms with Crippen LogP contribution in [-0.4, -0.2) is 55.0 Å². The normalized spacial score (nSPS) is 15.5. The third-order valence-corrected chi connectivity index (χ3v) is 6.28. The number of urea groups is 1. The summed E-state index contributed by atoms with van der Waals surface area (Å²) in [6, 6.07) is 5.40. The van der Waals surface area contributed by atoms with E-state index < -0.39 is 16.1 Å². The maximum atomic E-state index is 12.3. The first-order chi connectivity index (χ1) is 14.3. The largest absolute Gasteiger partial charge is 0.355 e. The fraction of sp³-hybridized carbons (Fsp3) is 0.421. The second-order valence-corrected chi connectivity index (χ2v) is 8.92. The quantitative estimate of drug-likeness (QED) is 0.506. The zero-order valence-electron chi connectivity index (χ0n) is 16.7. The summed E-state index contributed by atoms with van der Waals surface area (Å²) in [5.41, 5.74) is 4.42. The molecule has 2 aromatic rings. The Kier molecular flexibility index (Phi) is 7.06. The molecule has 30 heavy (non-hydrogen) atoms. The van der Waals surface area contributed by atoms with Gasteiger partial charge in [0.2, 0.25) is 5.91 Å². The van der Waals surface area contributed by atoms with Gasteiger partial charge in [0.1, 0.15) is 0 Å². The van der Waals surface area contributed by atoms with Crippen molar-refractivity contribution >= 4 is 22.0 Å². The number of H-pyrrole nitrogens is 1. The van der Waals surface area contributed by atoms with Crippen LogP contribution in [0.3, 0.4) is 0 Å². The third kappa shape index (κ3) is 6.04. The van der Waals surface area contributed by atoms with E-state index in [1.807, 2.05) is 11.6 Å². The Morgan fingerprint density at radius 2 is 1.90 bits per heavy atom. The van der Waals surface area contributed by atoms with Crippen molar-refractivity contribution in [3.63, 3.8) is 0 Å². The van der Waals surface area contributed by atoms with E-state index in [0.717, 1.165) is 11.3 Å². The van der Waals surface area contributed by atoms with Crippen LogP contribution >= 0.6 is 0 Å². The van der Waals surface area contributed by atoms with E-state index in [-0.39, 0.29) is 16.7 Å². The highest BCUT2D eigenvalue weighted by Crippen LogP contribution is 2.16. The third-order valence-electron chi connectivity index (χ3n) is 4.93. The Bertz CT molecular complexity index is 951. The number of aromatic amines is 1. The lowest BCUT2D eigenvalue weighted by Gasteiger charge is -2.31. The summed E-state index contributed by atoms with van der Waals surface area (Å²) in [5, 5.41) is 4.53. The minimum absolute atomic E-state index is 0.0134. The molecular formula is C19H26N6O4S. The van der Waals surface area contributed by atoms with Gasteiger partial charge in [-0.15, -0.1) is 0 Å². The summed E-state index contributed by atoms with van der Waals surface area (Å²) in [6.07, 6.45) is 5.14. The van der Waals surface area contributed by atoms with Gasteiger partial charge in [-0.1, -0.05) is 17.7 Å². The number of nitrogens with one attached hydrogen (secondary N) is 4. The first-order valence-electron chi connectivity index (χ1n) is 9.73. The van der Waals surface area contributed by atoms with Gasteiger partial charge in [0.15, 0.2) is 0 Å². The van der Waals surface area contributed by atoms with Gasteiger partial charge in [-0.25, -0.2) is 27.9 Å². The number of amides is 3. The highest BCUT2D eigenvalue weighted by Gasteiger charge is 2.26. The number of sulfonamides is 1. The molecule has 0 radical (unpaired) electrons. The standard InChI is InChI=1S/C19H26N6O4S/c1-14-2-4-17(5-3-14)30(28,29)24-19(27)23-25-10-7-15(8-11-25)18(26)21-9-6-16-12-20-13-22-16/h2-5,12-13,15H,6-11H2,1H3,(H,20,22)(H,21,26)(H2,23,24,27). The van der Waals surface area contributed by atoms with Gasteiger partial charge in [-0.3, -0.25) is 10.2 Å². The molecule has 10 nitrogen and oxygen atoms in total. The van der Waals surface area contributed by atoms with Gasteiger partial charge in [0, 0.05) is 43.9 Å². The summed E-state index contributed by atoms with van der Waals surface area (Å²) in [7, 11) is -3.94. The molecular weight excluding hydrogens is 408 g/mol. The molecule has 1 saturated heterocycles. The van der Waals surface area contributed by atoms with Crippen molar-refractivity contribution in [2.24, 2.45) is 5.92 Å². The predicted octanol–water partition coefficient (Wildman–Crippen LogP) is 0.692. The molecule has 3 rings (SSSR count). The first kappa shape index (κ1) is 21.8. The Hall–Kier alpha value is -2.92. The molecule has 0 aliphatic carbocycles. The number of rotatable bonds is 7. The summed E-state index contributed by atoms with van der Waals surface area (Å²) >= 11 is 0. The number of hydrogen-bond donors (Lipinski definition) is 4. The molecule has 0 bridgehead atoms. The van der Waals surface area contributed by atoms with Crippen LogP contribution in [0.1, 0.15) is 24.1 Å². The Morgan fingerprint density at radius 1 is 1.20 bits per heavy atom. The number of carbonyl (C=O) groups excluding carboxylic acids is 2. The minimum Gasteiger partial charge on any atom is -0.355 e. The van der Waals surface area contributed by atoms with E-state index in [4.69, 9.17) is 0 Å². The molecule has 0 saturated carbocycles. The second-order valence-electron chi connectivity index (χ2n) is 7.24. The Morgan fingerprint density at radius 3 is 2.53 bits per heavy atom. The zero-order chi connectivity index (χ0) is 21.6. The van der Waals surface area contributed by atoms with Gasteiger partial charge in [-0.05, 0) is 31.9 Å². The molecule has 1 aliphatic rings. The molecule has 1 aromatic heterocycles. The fourth-order valence-electron chi connectivity index (χ4n) is 3.20. The number of hydrogen-bond acceptors (Lipinski definition) is 6. The lowest BCUT2D eigenvalue weighted by atomic mass is 9.97. The van der Waals surface area contributed by atoms with Crippen molar-refractivity contribution in [1.29, 1.82) is 0 Å². The van der Waals surface area contributed by atoms with Gasteiger partial charge in [-0.2, -0.15) is 0 Å². The molecule has 1 fully saturated rings. The van der Waals surface area contributed by atoms with Crippen molar-refractivity contribution in [3.05, 3.63) is 48.0 Å². The molecule has 1 aromatic carbocycles. The van der Waals surface area contributed by atoms with E-state index in [0.29, 0.717) is 38.9 Å². The maximum absolute atomic E-state index is 12.3. The van der Waals surface area contributed by atoms with Crippen LogP contribution in [0.4, 0.5) is 4.79 Å². The maximum Gasteiger partial charge on any atom is 0.343 e. The summed E-state index contributed by atoms with van der Waals surface area (Å²) in [6.45, 7) is 3.28. The van der Waals surface area contributed by atoms with E-state index >= 15 is 0 Å². The van der Waals surface area contributed by atoms with Gasteiger partial charge >= 0.3 is 6.03 Å². The van der Waals surface area contributed by atoms with E-state index in [1.54, 1.807) is 29.7 Å². The SMILES string of the molecule is Cc1ccc(S(=O)(=O)NC(=O)NN2CCC(C(=O)NCCc3cnc[nH]3)CC2)cc1. The molecule has 162 valence electrons. The molecule has 1 aliphatic heterocycles. The number of imidazole rings is 1. The highest BCUT2D eigenvalue weighted by atomic mass is 32.2.